The van der Waals surface area contributed by atoms with Gasteiger partial charge in [-0.2, -0.15) is 0 Å². The Kier molecular flexibility index (Phi) is 12.3. The highest BCUT2D eigenvalue weighted by Crippen LogP contribution is 2.33. The fourth-order valence-corrected chi connectivity index (χ4v) is 11.4. The van der Waals surface area contributed by atoms with Gasteiger partial charge in [0, 0.05) is 0 Å². The second kappa shape index (κ2) is 16.0. The third-order valence-corrected chi connectivity index (χ3v) is 14.0. The molecule has 0 amide bonds. The molecule has 0 spiro atoms. The van der Waals surface area contributed by atoms with E-state index in [4.69, 9.17) is 0 Å². The van der Waals surface area contributed by atoms with Crippen LogP contribution in [0.25, 0.3) is 11.1 Å². The normalized spacial score (nSPS) is 12.1. The number of halogens is 15. The molecule has 0 unspecified atom stereocenters. The van der Waals surface area contributed by atoms with Gasteiger partial charge in [-0.1, -0.05) is 105 Å². The molecule has 0 heterocycles. The molecule has 58 heavy (non-hydrogen) atoms. The molecule has 0 aliphatic rings. The predicted molar refractivity (Wildman–Crippen MR) is 201 cm³/mol. The van der Waals surface area contributed by atoms with Gasteiger partial charge < -0.3 is 0 Å². The van der Waals surface area contributed by atoms with E-state index in [2.05, 4.69) is 0 Å². The lowest BCUT2D eigenvalue weighted by Gasteiger charge is -2.37. The van der Waals surface area contributed by atoms with E-state index in [0.717, 1.165) is 12.1 Å². The second-order valence-electron chi connectivity index (χ2n) is 15.8. The first kappa shape index (κ1) is 44.7. The lowest BCUT2D eigenvalue weighted by molar-refractivity contribution is 0.381. The fraction of sp³-hybridized carbons (Fsp3) is 0.231. The second-order valence-corrected chi connectivity index (χ2v) is 25.8. The van der Waals surface area contributed by atoms with E-state index in [0.29, 0.717) is 12.0 Å². The number of rotatable bonds is 10. The lowest BCUT2D eigenvalue weighted by atomic mass is 9.01. The highest BCUT2D eigenvalue weighted by Gasteiger charge is 2.50. The molecule has 0 aromatic heterocycles. The maximum Gasteiger partial charge on any atom is 0.207 e. The van der Waals surface area contributed by atoms with Gasteiger partial charge in [-0.05, 0) is 33.7 Å². The molecule has 5 aromatic carbocycles. The van der Waals surface area contributed by atoms with Crippen LogP contribution in [-0.2, 0) is 6.42 Å². The summed E-state index contributed by atoms with van der Waals surface area (Å²) in [6, 6.07) is 7.36. The number of benzene rings is 5. The van der Waals surface area contributed by atoms with Gasteiger partial charge >= 0.3 is 0 Å². The molecule has 0 N–H and O–H groups in total. The Bertz CT molecular complexity index is 2310. The smallest absolute Gasteiger partial charge is 0.204 e. The topological polar surface area (TPSA) is 0 Å². The van der Waals surface area contributed by atoms with Gasteiger partial charge in [0.1, 0.15) is 0 Å². The minimum absolute atomic E-state index is 0.0379. The molecule has 0 saturated heterocycles. The van der Waals surface area contributed by atoms with Gasteiger partial charge in [0.15, 0.2) is 88.0 Å². The molecule has 19 heteroatoms. The Morgan fingerprint density at radius 2 is 0.776 bits per heavy atom. The molecular weight excluding hydrogens is 831 g/mol. The summed E-state index contributed by atoms with van der Waals surface area (Å²) < 4.78 is 233. The van der Waals surface area contributed by atoms with Crippen LogP contribution in [0.5, 0.6) is 0 Å². The highest BCUT2D eigenvalue weighted by molar-refractivity contribution is 7.43. The van der Waals surface area contributed by atoms with Crippen LogP contribution < -0.4 is 32.2 Å². The maximum absolute atomic E-state index is 16.4. The molecular formula is C39H31B2F15Si2. The average Bonchev–Trinajstić information content (AvgIpc) is 3.16. The summed E-state index contributed by atoms with van der Waals surface area (Å²) in [5.74, 6) is -39.7. The molecule has 0 aliphatic carbocycles. The SMILES string of the molecule is CCCc1cc([Si](C)(C)C)c(B(B(c2c(F)c(F)c(F)c(F)c2F)c2c(F)c(F)c(F)c(F)c2F)c2ccccc2)c(-c2c(F)c(F)c(F)c(F)c2F)c1[Si](C)(C)C. The highest BCUT2D eigenvalue weighted by atomic mass is 28.3. The van der Waals surface area contributed by atoms with Crippen molar-refractivity contribution in [2.24, 2.45) is 0 Å². The van der Waals surface area contributed by atoms with Crippen LogP contribution in [0.4, 0.5) is 65.9 Å². The third kappa shape index (κ3) is 7.30. The van der Waals surface area contributed by atoms with Gasteiger partial charge in [0.2, 0.25) is 12.4 Å². The lowest BCUT2D eigenvalue weighted by Crippen LogP contribution is -2.73. The summed E-state index contributed by atoms with van der Waals surface area (Å²) in [5.41, 5.74) is -7.44. The van der Waals surface area contributed by atoms with Crippen molar-refractivity contribution < 1.29 is 65.9 Å². The molecule has 5 rings (SSSR count). The zero-order chi connectivity index (χ0) is 43.7. The van der Waals surface area contributed by atoms with Crippen molar-refractivity contribution in [1.82, 2.24) is 0 Å². The summed E-state index contributed by atoms with van der Waals surface area (Å²) in [6.07, 6.45) is 0.410. The fourth-order valence-electron chi connectivity index (χ4n) is 7.56. The first-order valence-electron chi connectivity index (χ1n) is 17.6. The van der Waals surface area contributed by atoms with Crippen LogP contribution in [0, 0.1) is 87.3 Å². The van der Waals surface area contributed by atoms with E-state index in [1.807, 2.05) is 0 Å². The van der Waals surface area contributed by atoms with E-state index < -0.39 is 150 Å². The summed E-state index contributed by atoms with van der Waals surface area (Å²) in [4.78, 5) is 0. The molecule has 0 nitrogen and oxygen atoms in total. The van der Waals surface area contributed by atoms with E-state index in [9.17, 15) is 13.2 Å². The zero-order valence-corrected chi connectivity index (χ0v) is 33.7. The predicted octanol–water partition coefficient (Wildman–Crippen LogP) is 8.48. The first-order chi connectivity index (χ1) is 26.8. The van der Waals surface area contributed by atoms with Crippen LogP contribution in [0.15, 0.2) is 36.4 Å². The molecule has 0 bridgehead atoms. The Hall–Kier alpha value is -4.39. The quantitative estimate of drug-likeness (QED) is 0.0573. The minimum Gasteiger partial charge on any atom is -0.204 e. The van der Waals surface area contributed by atoms with Crippen molar-refractivity contribution in [3.63, 3.8) is 0 Å². The van der Waals surface area contributed by atoms with E-state index in [-0.39, 0.29) is 16.8 Å². The largest absolute Gasteiger partial charge is 0.207 e. The van der Waals surface area contributed by atoms with Gasteiger partial charge in [-0.25, -0.2) is 65.9 Å². The molecule has 0 atom stereocenters. The van der Waals surface area contributed by atoms with Gasteiger partial charge in [-0.15, -0.1) is 0 Å². The first-order valence-corrected chi connectivity index (χ1v) is 24.6. The van der Waals surface area contributed by atoms with Crippen LogP contribution in [0.1, 0.15) is 18.9 Å². The van der Waals surface area contributed by atoms with Crippen molar-refractivity contribution in [2.75, 3.05) is 0 Å². The van der Waals surface area contributed by atoms with Crippen molar-refractivity contribution in [3.8, 4) is 11.1 Å². The Morgan fingerprint density at radius 1 is 0.414 bits per heavy atom. The number of hydrogen-bond donors (Lipinski definition) is 0. The summed E-state index contributed by atoms with van der Waals surface area (Å²) in [7, 11) is -6.58. The van der Waals surface area contributed by atoms with Crippen LogP contribution in [0.3, 0.4) is 0 Å². The molecule has 5 aromatic rings. The van der Waals surface area contributed by atoms with Crippen LogP contribution >= 0.6 is 0 Å². The number of hydrogen-bond acceptors (Lipinski definition) is 0. The molecule has 306 valence electrons. The van der Waals surface area contributed by atoms with Crippen LogP contribution in [-0.4, -0.2) is 29.4 Å². The van der Waals surface area contributed by atoms with Gasteiger partial charge in [0.25, 0.3) is 0 Å². The van der Waals surface area contributed by atoms with E-state index in [1.54, 1.807) is 46.2 Å². The summed E-state index contributed by atoms with van der Waals surface area (Å²) in [6.45, 7) is 5.60. The van der Waals surface area contributed by atoms with Crippen molar-refractivity contribution in [3.05, 3.63) is 129 Å². The monoisotopic (exact) mass is 862 g/mol. The van der Waals surface area contributed by atoms with Gasteiger partial charge in [0.05, 0.1) is 21.7 Å². The zero-order valence-electron chi connectivity index (χ0n) is 31.7. The summed E-state index contributed by atoms with van der Waals surface area (Å²) in [5, 5.41) is -0.0763. The van der Waals surface area contributed by atoms with E-state index >= 15 is 52.7 Å². The van der Waals surface area contributed by atoms with Crippen molar-refractivity contribution in [1.29, 1.82) is 0 Å². The van der Waals surface area contributed by atoms with Gasteiger partial charge in [-0.3, -0.25) is 0 Å². The van der Waals surface area contributed by atoms with Crippen LogP contribution in [0.2, 0.25) is 39.3 Å². The third-order valence-electron chi connectivity index (χ3n) is 9.90. The number of aryl methyl sites for hydroxylation is 1. The maximum atomic E-state index is 16.4. The summed E-state index contributed by atoms with van der Waals surface area (Å²) >= 11 is 0. The minimum atomic E-state index is -3.30. The van der Waals surface area contributed by atoms with E-state index in [1.165, 1.54) is 24.3 Å². The van der Waals surface area contributed by atoms with Crippen molar-refractivity contribution in [2.45, 2.75) is 59.0 Å². The Balaban J connectivity index is 2.29. The Labute approximate surface area is 326 Å². The molecule has 0 saturated carbocycles. The molecule has 0 radical (unpaired) electrons. The van der Waals surface area contributed by atoms with Crippen molar-refractivity contribution >= 4 is 61.6 Å². The molecule has 0 aliphatic heterocycles. The Morgan fingerprint density at radius 3 is 1.12 bits per heavy atom. The molecule has 0 fully saturated rings. The standard InChI is InChI=1S/C39H31B2F15Si2/c1-8-12-16-15-18(57(2,3)4)21(19(39(16)58(5,6)7)20-24(42)30(48)36(54)31(49)25(20)43)40(17-13-10-9-11-14-17)41(22-26(44)32(50)37(55)33(51)27(22)45)23-28(46)34(52)38(56)35(53)29(23)47/h9-11,13-15H,8,12H2,1-7H3. The average molecular weight is 862 g/mol.